The molecule has 1 amide bonds. The fourth-order valence-corrected chi connectivity index (χ4v) is 5.10. The highest BCUT2D eigenvalue weighted by molar-refractivity contribution is 14.0. The molecule has 1 saturated carbocycles. The average molecular weight is 533 g/mol. The van der Waals surface area contributed by atoms with Gasteiger partial charge in [-0.1, -0.05) is 0 Å². The lowest BCUT2D eigenvalue weighted by Crippen LogP contribution is -2.57. The predicted molar refractivity (Wildman–Crippen MR) is 133 cm³/mol. The van der Waals surface area contributed by atoms with Crippen molar-refractivity contribution < 1.29 is 4.79 Å². The molecule has 1 N–H and O–H groups in total. The van der Waals surface area contributed by atoms with E-state index in [0.717, 1.165) is 77.2 Å². The number of guanidine groups is 1. The van der Waals surface area contributed by atoms with E-state index < -0.39 is 0 Å². The summed E-state index contributed by atoms with van der Waals surface area (Å²) in [5.74, 6) is 2.09. The quantitative estimate of drug-likeness (QED) is 0.321. The van der Waals surface area contributed by atoms with Gasteiger partial charge in [0.1, 0.15) is 0 Å². The minimum atomic E-state index is 0. The van der Waals surface area contributed by atoms with Crippen LogP contribution in [0.4, 0.5) is 0 Å². The van der Waals surface area contributed by atoms with Gasteiger partial charge in [0.2, 0.25) is 5.91 Å². The molecule has 4 aliphatic rings. The molecule has 3 saturated heterocycles. The number of aliphatic imine (C=N–C) groups is 1. The van der Waals surface area contributed by atoms with Gasteiger partial charge in [-0.3, -0.25) is 14.7 Å². The summed E-state index contributed by atoms with van der Waals surface area (Å²) < 4.78 is 0. The molecule has 0 aromatic carbocycles. The van der Waals surface area contributed by atoms with Crippen LogP contribution in [0.3, 0.4) is 0 Å². The standard InChI is InChI=1S/C22H40N6O.HI/c1-3-23-22(24-16-19-8-11-28(17-19)20-6-7-20)27-14-12-25(13-15-27)18(2)21(29)26-9-4-5-10-26;/h18-20H,3-17H2,1-2H3,(H,23,24);1H. The maximum absolute atomic E-state index is 12.7. The van der Waals surface area contributed by atoms with Gasteiger partial charge in [-0.25, -0.2) is 0 Å². The van der Waals surface area contributed by atoms with Gasteiger partial charge in [-0.05, 0) is 58.4 Å². The van der Waals surface area contributed by atoms with Crippen molar-refractivity contribution in [1.82, 2.24) is 24.9 Å². The molecule has 7 nitrogen and oxygen atoms in total. The van der Waals surface area contributed by atoms with Crippen LogP contribution >= 0.6 is 24.0 Å². The van der Waals surface area contributed by atoms with Gasteiger partial charge < -0.3 is 20.0 Å². The van der Waals surface area contributed by atoms with E-state index in [1.165, 1.54) is 32.4 Å². The number of piperazine rings is 1. The monoisotopic (exact) mass is 532 g/mol. The Morgan fingerprint density at radius 2 is 1.70 bits per heavy atom. The number of hydrogen-bond acceptors (Lipinski definition) is 4. The van der Waals surface area contributed by atoms with Gasteiger partial charge in [-0.15, -0.1) is 24.0 Å². The van der Waals surface area contributed by atoms with E-state index in [0.29, 0.717) is 11.8 Å². The summed E-state index contributed by atoms with van der Waals surface area (Å²) in [6, 6.07) is 0.886. The number of carbonyl (C=O) groups is 1. The summed E-state index contributed by atoms with van der Waals surface area (Å²) in [5, 5.41) is 3.50. The second kappa shape index (κ2) is 11.3. The Hall–Kier alpha value is -0.610. The third kappa shape index (κ3) is 6.00. The zero-order valence-corrected chi connectivity index (χ0v) is 21.2. The first-order chi connectivity index (χ1) is 14.2. The topological polar surface area (TPSA) is 54.4 Å². The molecule has 0 aromatic rings. The number of carbonyl (C=O) groups excluding carboxylic acids is 1. The SMILES string of the molecule is CCNC(=NCC1CCN(C2CC2)C1)N1CCN(C(C)C(=O)N2CCCC2)CC1.I. The Labute approximate surface area is 199 Å². The molecule has 0 spiro atoms. The number of rotatable bonds is 6. The number of hydrogen-bond donors (Lipinski definition) is 1. The second-order valence-corrected chi connectivity index (χ2v) is 9.31. The first kappa shape index (κ1) is 24.0. The number of nitrogens with one attached hydrogen (secondary N) is 1. The maximum Gasteiger partial charge on any atom is 0.239 e. The van der Waals surface area contributed by atoms with E-state index in [4.69, 9.17) is 4.99 Å². The minimum Gasteiger partial charge on any atom is -0.357 e. The van der Waals surface area contributed by atoms with Gasteiger partial charge in [0.15, 0.2) is 5.96 Å². The van der Waals surface area contributed by atoms with Crippen molar-refractivity contribution in [2.45, 2.75) is 58.0 Å². The van der Waals surface area contributed by atoms with Crippen molar-refractivity contribution in [2.24, 2.45) is 10.9 Å². The van der Waals surface area contributed by atoms with E-state index in [9.17, 15) is 4.79 Å². The third-order valence-corrected chi connectivity index (χ3v) is 7.15. The molecule has 2 atom stereocenters. The number of nitrogens with zero attached hydrogens (tertiary/aromatic N) is 5. The van der Waals surface area contributed by atoms with Crippen LogP contribution < -0.4 is 5.32 Å². The molecule has 3 heterocycles. The first-order valence-electron chi connectivity index (χ1n) is 12.0. The van der Waals surface area contributed by atoms with Crippen molar-refractivity contribution in [3.8, 4) is 0 Å². The Morgan fingerprint density at radius 1 is 1.00 bits per heavy atom. The molecule has 0 radical (unpaired) electrons. The summed E-state index contributed by atoms with van der Waals surface area (Å²) in [6.07, 6.45) is 6.43. The summed E-state index contributed by atoms with van der Waals surface area (Å²) in [6.45, 7) is 14.2. The molecule has 0 bridgehead atoms. The normalized spacial score (nSPS) is 27.3. The van der Waals surface area contributed by atoms with Crippen LogP contribution in [0.5, 0.6) is 0 Å². The Kier molecular flexibility index (Phi) is 9.07. The molecular weight excluding hydrogens is 491 g/mol. The highest BCUT2D eigenvalue weighted by atomic mass is 127. The van der Waals surface area contributed by atoms with E-state index in [1.54, 1.807) is 0 Å². The molecule has 4 fully saturated rings. The predicted octanol–water partition coefficient (Wildman–Crippen LogP) is 1.68. The van der Waals surface area contributed by atoms with Crippen molar-refractivity contribution >= 4 is 35.8 Å². The van der Waals surface area contributed by atoms with Crippen molar-refractivity contribution in [1.29, 1.82) is 0 Å². The maximum atomic E-state index is 12.7. The van der Waals surface area contributed by atoms with E-state index in [2.05, 4.69) is 38.8 Å². The summed E-state index contributed by atoms with van der Waals surface area (Å²) in [7, 11) is 0. The molecule has 30 heavy (non-hydrogen) atoms. The van der Waals surface area contributed by atoms with Crippen LogP contribution in [0, 0.1) is 5.92 Å². The lowest BCUT2D eigenvalue weighted by molar-refractivity contribution is -0.135. The van der Waals surface area contributed by atoms with Crippen LogP contribution in [0.1, 0.15) is 46.0 Å². The fourth-order valence-electron chi connectivity index (χ4n) is 5.10. The molecule has 4 rings (SSSR count). The summed E-state index contributed by atoms with van der Waals surface area (Å²) in [5.41, 5.74) is 0. The molecule has 3 aliphatic heterocycles. The van der Waals surface area contributed by atoms with Crippen LogP contribution in [0.15, 0.2) is 4.99 Å². The van der Waals surface area contributed by atoms with Gasteiger partial charge in [0, 0.05) is 64.9 Å². The second-order valence-electron chi connectivity index (χ2n) is 9.31. The van der Waals surface area contributed by atoms with Crippen LogP contribution in [-0.4, -0.2) is 109 Å². The van der Waals surface area contributed by atoms with Crippen molar-refractivity contribution in [3.63, 3.8) is 0 Å². The summed E-state index contributed by atoms with van der Waals surface area (Å²) in [4.78, 5) is 27.2. The van der Waals surface area contributed by atoms with Crippen LogP contribution in [0.2, 0.25) is 0 Å². The molecule has 8 heteroatoms. The number of halogens is 1. The molecule has 1 aliphatic carbocycles. The smallest absolute Gasteiger partial charge is 0.239 e. The molecule has 0 aromatic heterocycles. The van der Waals surface area contributed by atoms with E-state index in [1.807, 2.05) is 0 Å². The average Bonchev–Trinajstić information content (AvgIpc) is 3.25. The minimum absolute atomic E-state index is 0. The fraction of sp³-hybridized carbons (Fsp3) is 0.909. The Morgan fingerprint density at radius 3 is 2.33 bits per heavy atom. The Balaban J connectivity index is 0.00000256. The number of likely N-dealkylation sites (tertiary alicyclic amines) is 2. The van der Waals surface area contributed by atoms with Crippen molar-refractivity contribution in [3.05, 3.63) is 0 Å². The van der Waals surface area contributed by atoms with Gasteiger partial charge in [0.25, 0.3) is 0 Å². The highest BCUT2D eigenvalue weighted by Gasteiger charge is 2.34. The lowest BCUT2D eigenvalue weighted by atomic mass is 10.1. The van der Waals surface area contributed by atoms with Crippen molar-refractivity contribution in [2.75, 3.05) is 65.4 Å². The van der Waals surface area contributed by atoms with Gasteiger partial charge in [-0.2, -0.15) is 0 Å². The lowest BCUT2D eigenvalue weighted by Gasteiger charge is -2.39. The zero-order chi connectivity index (χ0) is 20.2. The first-order valence-corrected chi connectivity index (χ1v) is 12.0. The molecular formula is C22H41IN6O. The third-order valence-electron chi connectivity index (χ3n) is 7.15. The van der Waals surface area contributed by atoms with Gasteiger partial charge in [0.05, 0.1) is 6.04 Å². The molecule has 172 valence electrons. The zero-order valence-electron chi connectivity index (χ0n) is 18.9. The molecule has 2 unspecified atom stereocenters. The van der Waals surface area contributed by atoms with Gasteiger partial charge >= 0.3 is 0 Å². The van der Waals surface area contributed by atoms with Crippen LogP contribution in [-0.2, 0) is 4.79 Å². The highest BCUT2D eigenvalue weighted by Crippen LogP contribution is 2.31. The summed E-state index contributed by atoms with van der Waals surface area (Å²) >= 11 is 0. The largest absolute Gasteiger partial charge is 0.357 e. The van der Waals surface area contributed by atoms with E-state index in [-0.39, 0.29) is 30.0 Å². The van der Waals surface area contributed by atoms with Crippen LogP contribution in [0.25, 0.3) is 0 Å². The number of amides is 1. The van der Waals surface area contributed by atoms with E-state index >= 15 is 0 Å². The Bertz CT molecular complexity index is 584.